The molecule has 2 aromatic rings. The molecule has 6 saturated heterocycles. The Morgan fingerprint density at radius 1 is 0.616 bits per heavy atom. The zero-order valence-electron chi connectivity index (χ0n) is 54.2. The van der Waals surface area contributed by atoms with Crippen molar-refractivity contribution in [1.29, 1.82) is 0 Å². The molecule has 6 heterocycles. The third-order valence-electron chi connectivity index (χ3n) is 18.3. The molecule has 6 fully saturated rings. The number of hydrogen-bond donors (Lipinski definition) is 24. The minimum atomic E-state index is -2.34. The summed E-state index contributed by atoms with van der Waals surface area (Å²) in [7, 11) is 0. The summed E-state index contributed by atoms with van der Waals surface area (Å²) >= 11 is 0. The summed E-state index contributed by atoms with van der Waals surface area (Å²) in [6.45, 7) is -1.43. The lowest BCUT2D eigenvalue weighted by Crippen LogP contribution is -2.70. The van der Waals surface area contributed by atoms with E-state index in [9.17, 15) is 80.8 Å². The first-order chi connectivity index (χ1) is 47.2. The van der Waals surface area contributed by atoms with Crippen molar-refractivity contribution in [3.63, 3.8) is 0 Å². The van der Waals surface area contributed by atoms with E-state index in [0.717, 1.165) is 17.7 Å². The average molecular weight is 1410 g/mol. The van der Waals surface area contributed by atoms with Crippen molar-refractivity contribution in [2.75, 3.05) is 46.1 Å². The summed E-state index contributed by atoms with van der Waals surface area (Å²) in [5, 5.41) is 165. The van der Waals surface area contributed by atoms with Gasteiger partial charge in [-0.25, -0.2) is 4.90 Å². The third-order valence-corrected chi connectivity index (χ3v) is 18.3. The molecule has 0 bridgehead atoms. The van der Waals surface area contributed by atoms with Gasteiger partial charge in [0.25, 0.3) is 0 Å². The second-order valence-corrected chi connectivity index (χ2v) is 25.2. The van der Waals surface area contributed by atoms with Crippen molar-refractivity contribution in [2.45, 2.75) is 217 Å². The summed E-state index contributed by atoms with van der Waals surface area (Å²) in [6, 6.07) is 1.09. The van der Waals surface area contributed by atoms with E-state index in [4.69, 9.17) is 39.9 Å². The van der Waals surface area contributed by atoms with Gasteiger partial charge in [-0.1, -0.05) is 75.6 Å². The topological polar surface area (TPSA) is 601 Å². The van der Waals surface area contributed by atoms with Gasteiger partial charge in [-0.2, -0.15) is 0 Å². The van der Waals surface area contributed by atoms with Crippen LogP contribution in [0, 0.1) is 0 Å². The molecule has 99 heavy (non-hydrogen) atoms. The fourth-order valence-corrected chi connectivity index (χ4v) is 12.5. The maximum absolute atomic E-state index is 15.3. The molecule has 0 aliphatic carbocycles. The van der Waals surface area contributed by atoms with Crippen LogP contribution in [0.5, 0.6) is 5.75 Å². The first-order valence-corrected chi connectivity index (χ1v) is 32.7. The SMILES string of the molecule is CCCCCCC(=O)OC[C@@H]1NC(=O)[C@@H]([C@@H](O)[C@@H]2CNC(N)N2[C@H]2O[C@H](CO)[C@@H](O)[C@H](O)[C@@H]2O)NC(=O)[C@H]([C@@H](O)[C@@H]2CNC(N)N2)NC(=O)[C@@H](Cc2ccc(O[C@H]3O[C@H](CO)[C@@H](O[C@H]4O[C@H](CO)[C@@H](O)[C@H](O)[C@@H]4O)[C@H](O)[C@@H]3O)cc2)NC(=O)[C@H]([C@@H](C)c2ccccc2)NC(=O)CNC1=O. The van der Waals surface area contributed by atoms with E-state index in [2.05, 4.69) is 47.9 Å². The molecule has 8 rings (SSSR count). The highest BCUT2D eigenvalue weighted by Gasteiger charge is 2.55. The average Bonchev–Trinajstić information content (AvgIpc) is 1.75. The molecule has 0 aromatic heterocycles. The number of carbonyl (C=O) groups is 7. The monoisotopic (exact) mass is 1410 g/mol. The Morgan fingerprint density at radius 3 is 1.86 bits per heavy atom. The summed E-state index contributed by atoms with van der Waals surface area (Å²) in [4.78, 5) is 103. The third kappa shape index (κ3) is 19.2. The van der Waals surface area contributed by atoms with Crippen LogP contribution in [0.3, 0.4) is 0 Å². The van der Waals surface area contributed by atoms with E-state index in [1.807, 2.05) is 6.92 Å². The lowest BCUT2D eigenvalue weighted by Gasteiger charge is -2.47. The van der Waals surface area contributed by atoms with Crippen molar-refractivity contribution in [1.82, 2.24) is 52.8 Å². The summed E-state index contributed by atoms with van der Waals surface area (Å²) in [6.07, 6.45) is -31.4. The number of unbranched alkanes of at least 4 members (excludes halogenated alkanes) is 3. The van der Waals surface area contributed by atoms with Crippen molar-refractivity contribution < 1.29 is 128 Å². The Bertz CT molecular complexity index is 2990. The van der Waals surface area contributed by atoms with Gasteiger partial charge in [0.15, 0.2) is 6.29 Å². The summed E-state index contributed by atoms with van der Waals surface area (Å²) in [5.74, 6) is -8.99. The number of amides is 6. The molecule has 0 radical (unpaired) electrons. The zero-order chi connectivity index (χ0) is 72.1. The maximum atomic E-state index is 15.3. The number of rotatable bonds is 23. The van der Waals surface area contributed by atoms with E-state index < -0.39 is 252 Å². The predicted octanol–water partition coefficient (Wildman–Crippen LogP) is -12.1. The Balaban J connectivity index is 1.13. The van der Waals surface area contributed by atoms with Crippen LogP contribution in [-0.2, 0) is 63.7 Å². The molecule has 38 nitrogen and oxygen atoms in total. The fraction of sp³-hybridized carbons (Fsp3) is 0.689. The van der Waals surface area contributed by atoms with Crippen LogP contribution in [0.25, 0.3) is 0 Å². The first-order valence-electron chi connectivity index (χ1n) is 32.7. The Morgan fingerprint density at radius 2 is 1.21 bits per heavy atom. The van der Waals surface area contributed by atoms with Crippen molar-refractivity contribution >= 4 is 41.4 Å². The van der Waals surface area contributed by atoms with E-state index in [-0.39, 0.29) is 24.3 Å². The van der Waals surface area contributed by atoms with E-state index in [0.29, 0.717) is 18.4 Å². The molecule has 0 saturated carbocycles. The van der Waals surface area contributed by atoms with Crippen LogP contribution in [0.1, 0.15) is 63.0 Å². The minimum Gasteiger partial charge on any atom is -0.463 e. The number of nitrogens with zero attached hydrogens (tertiary/aromatic N) is 1. The number of hydrogen-bond acceptors (Lipinski definition) is 32. The van der Waals surface area contributed by atoms with Gasteiger partial charge in [0.2, 0.25) is 41.7 Å². The molecule has 38 heteroatoms. The van der Waals surface area contributed by atoms with Crippen LogP contribution in [0.2, 0.25) is 0 Å². The molecule has 554 valence electrons. The number of aliphatic hydroxyl groups excluding tert-OH is 13. The highest BCUT2D eigenvalue weighted by molar-refractivity contribution is 5.98. The van der Waals surface area contributed by atoms with Crippen LogP contribution in [-0.4, -0.2) is 318 Å². The van der Waals surface area contributed by atoms with Gasteiger partial charge < -0.3 is 138 Å². The minimum absolute atomic E-state index is 0.0712. The highest BCUT2D eigenvalue weighted by atomic mass is 16.7. The Hall–Kier alpha value is -6.39. The molecule has 26 N–H and O–H groups in total. The molecule has 0 spiro atoms. The van der Waals surface area contributed by atoms with Gasteiger partial charge in [0, 0.05) is 31.8 Å². The number of nitrogens with two attached hydrogens (primary N) is 2. The quantitative estimate of drug-likeness (QED) is 0.0363. The molecule has 6 amide bonds. The van der Waals surface area contributed by atoms with Crippen molar-refractivity contribution in [3.05, 3.63) is 65.7 Å². The number of esters is 1. The highest BCUT2D eigenvalue weighted by Crippen LogP contribution is 2.33. The molecule has 6 aliphatic heterocycles. The second-order valence-electron chi connectivity index (χ2n) is 25.2. The number of carbonyl (C=O) groups excluding carboxylic acids is 7. The molecule has 6 aliphatic rings. The largest absolute Gasteiger partial charge is 0.463 e. The predicted molar refractivity (Wildman–Crippen MR) is 335 cm³/mol. The van der Waals surface area contributed by atoms with Gasteiger partial charge in [-0.05, 0) is 29.7 Å². The van der Waals surface area contributed by atoms with Crippen molar-refractivity contribution in [3.8, 4) is 5.75 Å². The van der Waals surface area contributed by atoms with E-state index in [1.54, 1.807) is 37.3 Å². The van der Waals surface area contributed by atoms with Gasteiger partial charge in [-0.15, -0.1) is 0 Å². The van der Waals surface area contributed by atoms with Crippen LogP contribution >= 0.6 is 0 Å². The Kier molecular flexibility index (Phi) is 28.5. The standard InChI is InChI=1S/C61H94N12O26/c1-3-4-5-9-12-37(78)94-24-31-52(89)64-20-36(77)70-38(25(2)27-10-7-6-8-11-27)54(91)67-29(17-26-13-15-28(16-14-26)95-58-50(88)47(85)51(35(23-76)98-58)99-59-49(87)46(84)44(82)34(22-75)97-59)53(90)71-39(41(79)30-18-65-60(62)69-30)56(93)72-40(55(92)68-31)42(80)32-19-66-61(63)73(32)57-48(86)45(83)43(81)33(21-74)96-57/h6-8,10-11,13-16,25,29-35,38-51,57-61,65-66,69,74-76,79-88H,3-5,9,12,17-24,62-63H2,1-2H3,(H,64,89)(H,67,91)(H,68,92)(H,70,77)(H,71,90)(H,72,93)/t25-,29+,30-,31-,32-,33+,34+,35+,38-,39-,40+,41-,42-,43+,44+,45-,46-,47+,48-,49-,50-,51+,57-,58-,59+,60?,61?/m0/s1. The summed E-state index contributed by atoms with van der Waals surface area (Å²) in [5.41, 5.74) is 13.2. The zero-order valence-corrected chi connectivity index (χ0v) is 54.2. The smallest absolute Gasteiger partial charge is 0.305 e. The van der Waals surface area contributed by atoms with E-state index in [1.165, 1.54) is 24.3 Å². The fourth-order valence-electron chi connectivity index (χ4n) is 12.5. The van der Waals surface area contributed by atoms with Crippen LogP contribution in [0.15, 0.2) is 54.6 Å². The molecular formula is C61H94N12O26. The van der Waals surface area contributed by atoms with Gasteiger partial charge in [0.05, 0.1) is 44.6 Å². The first kappa shape index (κ1) is 78.3. The Labute approximate surface area is 567 Å². The van der Waals surface area contributed by atoms with Crippen LogP contribution < -0.4 is 64.1 Å². The molecule has 2 aromatic carbocycles. The second kappa shape index (κ2) is 36.0. The van der Waals surface area contributed by atoms with Gasteiger partial charge >= 0.3 is 5.97 Å². The van der Waals surface area contributed by atoms with Crippen molar-refractivity contribution in [2.24, 2.45) is 11.5 Å². The molecule has 2 unspecified atom stereocenters. The lowest BCUT2D eigenvalue weighted by molar-refractivity contribution is -0.352. The number of ether oxygens (including phenoxy) is 6. The van der Waals surface area contributed by atoms with Crippen LogP contribution in [0.4, 0.5) is 0 Å². The van der Waals surface area contributed by atoms with E-state index >= 15 is 19.2 Å². The number of aliphatic hydroxyl groups is 13. The molecular weight excluding hydrogens is 1320 g/mol. The number of nitrogens with one attached hydrogen (secondary N) is 9. The number of benzene rings is 2. The lowest BCUT2D eigenvalue weighted by atomic mass is 9.92. The normalized spacial score (nSPS) is 37.3. The summed E-state index contributed by atoms with van der Waals surface area (Å²) < 4.78 is 34.0. The molecule has 27 atom stereocenters. The van der Waals surface area contributed by atoms with Gasteiger partial charge in [0.1, 0.15) is 141 Å². The maximum Gasteiger partial charge on any atom is 0.305 e. The van der Waals surface area contributed by atoms with Gasteiger partial charge in [-0.3, -0.25) is 49.5 Å².